The lowest BCUT2D eigenvalue weighted by Crippen LogP contribution is -2.24. The second-order valence-electron chi connectivity index (χ2n) is 7.13. The van der Waals surface area contributed by atoms with Crippen LogP contribution in [0, 0.1) is 11.6 Å². The summed E-state index contributed by atoms with van der Waals surface area (Å²) in [5.41, 5.74) is 4.26. The third-order valence-corrected chi connectivity index (χ3v) is 5.22. The maximum atomic E-state index is 14.0. The molecule has 0 fully saturated rings. The summed E-state index contributed by atoms with van der Waals surface area (Å²) in [4.78, 5) is 16.0. The molecule has 1 unspecified atom stereocenters. The molecule has 0 aliphatic carbocycles. The maximum Gasteiger partial charge on any atom is 0.318 e. The Bertz CT molecular complexity index is 1070. The van der Waals surface area contributed by atoms with Gasteiger partial charge in [0.2, 0.25) is 0 Å². The summed E-state index contributed by atoms with van der Waals surface area (Å²) in [6.07, 6.45) is 1.27. The van der Waals surface area contributed by atoms with Crippen molar-refractivity contribution in [3.05, 3.63) is 89.5 Å². The molecular formula is C24H21F2N3O. The summed E-state index contributed by atoms with van der Waals surface area (Å²) < 4.78 is 28.1. The minimum atomic E-state index is -0.570. The first kappa shape index (κ1) is 19.8. The van der Waals surface area contributed by atoms with Crippen LogP contribution in [0.4, 0.5) is 19.3 Å². The lowest BCUT2D eigenvalue weighted by molar-refractivity contribution is 0.254. The van der Waals surface area contributed by atoms with E-state index in [-0.39, 0.29) is 17.6 Å². The van der Waals surface area contributed by atoms with Crippen molar-refractivity contribution in [2.75, 3.05) is 12.4 Å². The minimum Gasteiger partial charge on any atom is -0.341 e. The molecule has 152 valence electrons. The molecular weight excluding hydrogens is 384 g/mol. The highest BCUT2D eigenvalue weighted by Crippen LogP contribution is 2.33. The average Bonchev–Trinajstić information content (AvgIpc) is 3.24. The van der Waals surface area contributed by atoms with Gasteiger partial charge in [0.15, 0.2) is 0 Å². The number of carbonyl (C=O) groups excluding carboxylic acids is 1. The quantitative estimate of drug-likeness (QED) is 0.574. The Morgan fingerprint density at radius 1 is 0.933 bits per heavy atom. The summed E-state index contributed by atoms with van der Waals surface area (Å²) in [6, 6.07) is 19.1. The van der Waals surface area contributed by atoms with Crippen molar-refractivity contribution in [1.29, 1.82) is 0 Å². The van der Waals surface area contributed by atoms with Crippen LogP contribution in [0.5, 0.6) is 0 Å². The average molecular weight is 405 g/mol. The van der Waals surface area contributed by atoms with Crippen LogP contribution in [0.15, 0.2) is 71.7 Å². The molecule has 1 atom stereocenters. The number of amides is 2. The Kier molecular flexibility index (Phi) is 5.57. The first-order valence-corrected chi connectivity index (χ1v) is 9.75. The molecule has 6 heteroatoms. The maximum absolute atomic E-state index is 14.0. The van der Waals surface area contributed by atoms with Gasteiger partial charge in [-0.15, -0.1) is 0 Å². The van der Waals surface area contributed by atoms with E-state index in [9.17, 15) is 13.6 Å². The highest BCUT2D eigenvalue weighted by atomic mass is 19.1. The topological polar surface area (TPSA) is 53.5 Å². The lowest BCUT2D eigenvalue weighted by Gasteiger charge is -2.09. The molecule has 0 aromatic heterocycles. The normalized spacial score (nSPS) is 15.6. The van der Waals surface area contributed by atoms with E-state index in [0.717, 1.165) is 23.1 Å². The molecule has 1 aliphatic heterocycles. The molecule has 30 heavy (non-hydrogen) atoms. The number of rotatable bonds is 4. The SMILES string of the molecule is CNC(=O)Nc1ccc(-c2ccc(C3CCC(c4c(F)cccc4F)=N3)cc2)cc1. The van der Waals surface area contributed by atoms with Crippen LogP contribution in [-0.4, -0.2) is 18.8 Å². The molecule has 2 amide bonds. The largest absolute Gasteiger partial charge is 0.341 e. The molecule has 1 aliphatic rings. The second kappa shape index (κ2) is 8.45. The number of nitrogens with one attached hydrogen (secondary N) is 2. The van der Waals surface area contributed by atoms with E-state index in [1.807, 2.05) is 48.5 Å². The van der Waals surface area contributed by atoms with Gasteiger partial charge in [-0.05, 0) is 53.8 Å². The zero-order valence-corrected chi connectivity index (χ0v) is 16.5. The summed E-state index contributed by atoms with van der Waals surface area (Å²) in [6.45, 7) is 0. The van der Waals surface area contributed by atoms with Crippen molar-refractivity contribution in [2.24, 2.45) is 4.99 Å². The van der Waals surface area contributed by atoms with Crippen LogP contribution in [0.25, 0.3) is 11.1 Å². The van der Waals surface area contributed by atoms with Crippen molar-refractivity contribution in [3.63, 3.8) is 0 Å². The van der Waals surface area contributed by atoms with Crippen LogP contribution in [0.2, 0.25) is 0 Å². The molecule has 0 saturated heterocycles. The van der Waals surface area contributed by atoms with Crippen molar-refractivity contribution in [2.45, 2.75) is 18.9 Å². The first-order chi connectivity index (χ1) is 14.5. The number of hydrogen-bond acceptors (Lipinski definition) is 2. The standard InChI is InChI=1S/C24H21F2N3O/c1-27-24(30)28-18-11-9-16(10-12-18)15-5-7-17(8-6-15)21-13-14-22(29-21)23-19(25)3-2-4-20(23)26/h2-12,21H,13-14H2,1H3,(H2,27,28,30). The fourth-order valence-electron chi connectivity index (χ4n) is 3.63. The fraction of sp³-hybridized carbons (Fsp3) is 0.167. The summed E-state index contributed by atoms with van der Waals surface area (Å²) in [5, 5.41) is 5.23. The number of urea groups is 1. The Balaban J connectivity index is 1.50. The predicted molar refractivity (Wildman–Crippen MR) is 115 cm³/mol. The Hall–Kier alpha value is -3.54. The van der Waals surface area contributed by atoms with Crippen molar-refractivity contribution < 1.29 is 13.6 Å². The van der Waals surface area contributed by atoms with Crippen LogP contribution in [0.3, 0.4) is 0 Å². The van der Waals surface area contributed by atoms with Gasteiger partial charge in [-0.3, -0.25) is 4.99 Å². The minimum absolute atomic E-state index is 0.0120. The van der Waals surface area contributed by atoms with Gasteiger partial charge in [0.1, 0.15) is 11.6 Å². The van der Waals surface area contributed by atoms with Gasteiger partial charge in [-0.25, -0.2) is 13.6 Å². The second-order valence-corrected chi connectivity index (χ2v) is 7.13. The van der Waals surface area contributed by atoms with Crippen LogP contribution in [0.1, 0.15) is 30.0 Å². The van der Waals surface area contributed by atoms with E-state index in [1.54, 1.807) is 7.05 Å². The van der Waals surface area contributed by atoms with Crippen molar-refractivity contribution >= 4 is 17.4 Å². The van der Waals surface area contributed by atoms with Gasteiger partial charge < -0.3 is 10.6 Å². The number of carbonyl (C=O) groups is 1. The molecule has 4 rings (SSSR count). The predicted octanol–water partition coefficient (Wildman–Crippen LogP) is 5.71. The van der Waals surface area contributed by atoms with Crippen LogP contribution < -0.4 is 10.6 Å². The number of anilines is 1. The molecule has 0 spiro atoms. The number of halogens is 2. The summed E-state index contributed by atoms with van der Waals surface area (Å²) in [5.74, 6) is -1.14. The van der Waals surface area contributed by atoms with E-state index in [0.29, 0.717) is 17.8 Å². The molecule has 1 heterocycles. The number of benzene rings is 3. The smallest absolute Gasteiger partial charge is 0.318 e. The van der Waals surface area contributed by atoms with Crippen LogP contribution in [-0.2, 0) is 0 Å². The molecule has 0 radical (unpaired) electrons. The highest BCUT2D eigenvalue weighted by molar-refractivity contribution is 6.02. The van der Waals surface area contributed by atoms with Crippen molar-refractivity contribution in [3.8, 4) is 11.1 Å². The van der Waals surface area contributed by atoms with Gasteiger partial charge in [-0.1, -0.05) is 42.5 Å². The van der Waals surface area contributed by atoms with E-state index in [2.05, 4.69) is 15.6 Å². The first-order valence-electron chi connectivity index (χ1n) is 9.75. The number of hydrogen-bond donors (Lipinski definition) is 2. The van der Waals surface area contributed by atoms with E-state index in [4.69, 9.17) is 0 Å². The third-order valence-electron chi connectivity index (χ3n) is 5.22. The zero-order chi connectivity index (χ0) is 21.1. The number of nitrogens with zero attached hydrogens (tertiary/aromatic N) is 1. The summed E-state index contributed by atoms with van der Waals surface area (Å²) in [7, 11) is 1.56. The summed E-state index contributed by atoms with van der Waals surface area (Å²) >= 11 is 0. The number of aliphatic imine (C=N–C) groups is 1. The van der Waals surface area contributed by atoms with Gasteiger partial charge in [-0.2, -0.15) is 0 Å². The van der Waals surface area contributed by atoms with E-state index < -0.39 is 11.6 Å². The third kappa shape index (κ3) is 4.08. The van der Waals surface area contributed by atoms with Gasteiger partial charge in [0.05, 0.1) is 11.6 Å². The van der Waals surface area contributed by atoms with Gasteiger partial charge in [0, 0.05) is 18.4 Å². The van der Waals surface area contributed by atoms with Crippen molar-refractivity contribution in [1.82, 2.24) is 5.32 Å². The van der Waals surface area contributed by atoms with E-state index >= 15 is 0 Å². The Morgan fingerprint density at radius 2 is 1.53 bits per heavy atom. The highest BCUT2D eigenvalue weighted by Gasteiger charge is 2.24. The zero-order valence-electron chi connectivity index (χ0n) is 16.5. The lowest BCUT2D eigenvalue weighted by atomic mass is 9.99. The molecule has 3 aromatic rings. The van der Waals surface area contributed by atoms with Gasteiger partial charge >= 0.3 is 6.03 Å². The molecule has 3 aromatic carbocycles. The van der Waals surface area contributed by atoms with Gasteiger partial charge in [0.25, 0.3) is 0 Å². The Morgan fingerprint density at radius 3 is 2.13 bits per heavy atom. The monoisotopic (exact) mass is 405 g/mol. The van der Waals surface area contributed by atoms with E-state index in [1.165, 1.54) is 18.2 Å². The fourth-order valence-corrected chi connectivity index (χ4v) is 3.63. The Labute approximate surface area is 173 Å². The molecule has 4 nitrogen and oxygen atoms in total. The molecule has 0 saturated carbocycles. The molecule has 2 N–H and O–H groups in total. The molecule has 0 bridgehead atoms. The van der Waals surface area contributed by atoms with Crippen LogP contribution >= 0.6 is 0 Å².